The van der Waals surface area contributed by atoms with Gasteiger partial charge in [-0.2, -0.15) is 5.10 Å². The molecule has 3 heterocycles. The molecule has 22 heavy (non-hydrogen) atoms. The van der Waals surface area contributed by atoms with Crippen molar-refractivity contribution in [1.82, 2.24) is 20.5 Å². The van der Waals surface area contributed by atoms with Crippen LogP contribution in [0.3, 0.4) is 0 Å². The average molecular weight is 321 g/mol. The van der Waals surface area contributed by atoms with Crippen molar-refractivity contribution in [3.63, 3.8) is 0 Å². The van der Waals surface area contributed by atoms with Gasteiger partial charge in [-0.25, -0.2) is 4.98 Å². The van der Waals surface area contributed by atoms with Crippen molar-refractivity contribution < 1.29 is 9.53 Å². The van der Waals surface area contributed by atoms with Crippen LogP contribution in [0.15, 0.2) is 24.5 Å². The molecular weight excluding hydrogens is 304 g/mol. The number of ketones is 1. The van der Waals surface area contributed by atoms with Crippen LogP contribution < -0.4 is 10.1 Å². The topological polar surface area (TPSA) is 79.9 Å². The van der Waals surface area contributed by atoms with Gasteiger partial charge in [0.05, 0.1) is 12.0 Å². The lowest BCUT2D eigenvalue weighted by atomic mass is 9.83. The van der Waals surface area contributed by atoms with Gasteiger partial charge in [0.1, 0.15) is 17.7 Å². The number of aromatic nitrogens is 3. The molecule has 0 bridgehead atoms. The average Bonchev–Trinajstić information content (AvgIpc) is 3.02. The van der Waals surface area contributed by atoms with E-state index in [9.17, 15) is 4.79 Å². The predicted molar refractivity (Wildman–Crippen MR) is 83.5 cm³/mol. The minimum atomic E-state index is -0.318. The summed E-state index contributed by atoms with van der Waals surface area (Å²) in [7, 11) is 0. The highest BCUT2D eigenvalue weighted by molar-refractivity contribution is 6.01. The van der Waals surface area contributed by atoms with Gasteiger partial charge in [-0.1, -0.05) is 0 Å². The molecule has 2 aromatic rings. The molecule has 116 valence electrons. The first-order valence-electron chi connectivity index (χ1n) is 7.19. The van der Waals surface area contributed by atoms with Gasteiger partial charge in [0.15, 0.2) is 11.6 Å². The van der Waals surface area contributed by atoms with E-state index in [-0.39, 0.29) is 23.8 Å². The van der Waals surface area contributed by atoms with Gasteiger partial charge >= 0.3 is 0 Å². The first kappa shape index (κ1) is 15.0. The Morgan fingerprint density at radius 2 is 2.05 bits per heavy atom. The Kier molecular flexibility index (Phi) is 3.88. The van der Waals surface area contributed by atoms with E-state index in [4.69, 9.17) is 4.74 Å². The minimum absolute atomic E-state index is 0. The van der Waals surface area contributed by atoms with Crippen LogP contribution in [0, 0.1) is 0 Å². The maximum atomic E-state index is 12.5. The van der Waals surface area contributed by atoms with E-state index in [2.05, 4.69) is 20.5 Å². The van der Waals surface area contributed by atoms with Gasteiger partial charge in [0.25, 0.3) is 0 Å². The Labute approximate surface area is 134 Å². The van der Waals surface area contributed by atoms with E-state index in [1.54, 1.807) is 0 Å². The van der Waals surface area contributed by atoms with Crippen LogP contribution in [-0.2, 0) is 0 Å². The standard InChI is InChI=1S/C15H16N4O2.ClH/c20-12-8-15(3-5-16-6-4-15)21-13-2-1-10(7-11(12)13)14-17-9-18-19-14;/h1-2,7,9,16H,3-6,8H2,(H,17,18,19);1H. The van der Waals surface area contributed by atoms with Gasteiger partial charge in [-0.3, -0.25) is 9.89 Å². The Morgan fingerprint density at radius 3 is 2.77 bits per heavy atom. The summed E-state index contributed by atoms with van der Waals surface area (Å²) in [5.74, 6) is 1.43. The number of carbonyl (C=O) groups is 1. The summed E-state index contributed by atoms with van der Waals surface area (Å²) in [6.07, 6.45) is 3.73. The Morgan fingerprint density at radius 1 is 1.23 bits per heavy atom. The maximum absolute atomic E-state index is 12.5. The van der Waals surface area contributed by atoms with Crippen LogP contribution in [0.5, 0.6) is 5.75 Å². The molecular formula is C15H17ClN4O2. The fourth-order valence-corrected chi connectivity index (χ4v) is 3.14. The molecule has 2 aliphatic heterocycles. The van der Waals surface area contributed by atoms with Crippen molar-refractivity contribution in [1.29, 1.82) is 0 Å². The highest BCUT2D eigenvalue weighted by Crippen LogP contribution is 2.39. The summed E-state index contributed by atoms with van der Waals surface area (Å²) in [6.45, 7) is 1.80. The fourth-order valence-electron chi connectivity index (χ4n) is 3.14. The summed E-state index contributed by atoms with van der Waals surface area (Å²) in [4.78, 5) is 16.6. The quantitative estimate of drug-likeness (QED) is 0.840. The molecule has 1 aromatic carbocycles. The maximum Gasteiger partial charge on any atom is 0.180 e. The molecule has 1 spiro atoms. The Balaban J connectivity index is 0.00000144. The molecule has 0 radical (unpaired) electrons. The van der Waals surface area contributed by atoms with Gasteiger partial charge in [0, 0.05) is 18.4 Å². The zero-order chi connectivity index (χ0) is 14.3. The monoisotopic (exact) mass is 320 g/mol. The van der Waals surface area contributed by atoms with Crippen molar-refractivity contribution in [2.75, 3.05) is 13.1 Å². The van der Waals surface area contributed by atoms with Gasteiger partial charge in [0.2, 0.25) is 0 Å². The summed E-state index contributed by atoms with van der Waals surface area (Å²) in [5, 5.41) is 10.0. The number of halogens is 1. The third-order valence-corrected chi connectivity index (χ3v) is 4.28. The second-order valence-electron chi connectivity index (χ2n) is 5.67. The van der Waals surface area contributed by atoms with E-state index in [0.29, 0.717) is 23.6 Å². The number of nitrogens with zero attached hydrogens (tertiary/aromatic N) is 2. The van der Waals surface area contributed by atoms with Crippen LogP contribution in [0.2, 0.25) is 0 Å². The molecule has 1 saturated heterocycles. The number of carbonyl (C=O) groups excluding carboxylic acids is 1. The number of piperidine rings is 1. The number of fused-ring (bicyclic) bond motifs is 1. The third kappa shape index (κ3) is 2.48. The van der Waals surface area contributed by atoms with E-state index in [1.807, 2.05) is 18.2 Å². The van der Waals surface area contributed by atoms with Crippen LogP contribution in [0.1, 0.15) is 29.6 Å². The first-order chi connectivity index (χ1) is 10.3. The van der Waals surface area contributed by atoms with E-state index in [0.717, 1.165) is 31.5 Å². The van der Waals surface area contributed by atoms with Gasteiger partial charge < -0.3 is 10.1 Å². The zero-order valence-corrected chi connectivity index (χ0v) is 12.8. The number of benzene rings is 1. The summed E-state index contributed by atoms with van der Waals surface area (Å²) >= 11 is 0. The van der Waals surface area contributed by atoms with E-state index >= 15 is 0 Å². The van der Waals surface area contributed by atoms with Crippen molar-refractivity contribution in [2.24, 2.45) is 0 Å². The highest BCUT2D eigenvalue weighted by atomic mass is 35.5. The molecule has 6 nitrogen and oxygen atoms in total. The molecule has 2 N–H and O–H groups in total. The smallest absolute Gasteiger partial charge is 0.180 e. The van der Waals surface area contributed by atoms with E-state index < -0.39 is 0 Å². The highest BCUT2D eigenvalue weighted by Gasteiger charge is 2.41. The minimum Gasteiger partial charge on any atom is -0.486 e. The molecule has 1 fully saturated rings. The lowest BCUT2D eigenvalue weighted by Gasteiger charge is -2.40. The number of hydrogen-bond donors (Lipinski definition) is 2. The molecule has 0 amide bonds. The van der Waals surface area contributed by atoms with Crippen LogP contribution in [-0.4, -0.2) is 39.7 Å². The van der Waals surface area contributed by atoms with Crippen molar-refractivity contribution >= 4 is 18.2 Å². The van der Waals surface area contributed by atoms with E-state index in [1.165, 1.54) is 6.33 Å². The van der Waals surface area contributed by atoms with Crippen molar-refractivity contribution in [3.8, 4) is 17.1 Å². The lowest BCUT2D eigenvalue weighted by Crippen LogP contribution is -2.49. The van der Waals surface area contributed by atoms with Crippen molar-refractivity contribution in [2.45, 2.75) is 24.9 Å². The summed E-state index contributed by atoms with van der Waals surface area (Å²) in [5.41, 5.74) is 1.15. The van der Waals surface area contributed by atoms with Crippen LogP contribution in [0.4, 0.5) is 0 Å². The Bertz CT molecular complexity index is 681. The zero-order valence-electron chi connectivity index (χ0n) is 12.0. The summed E-state index contributed by atoms with van der Waals surface area (Å²) < 4.78 is 6.19. The number of rotatable bonds is 1. The number of ether oxygens (including phenoxy) is 1. The number of Topliss-reactive ketones (excluding diaryl/α,β-unsaturated/α-hetero) is 1. The van der Waals surface area contributed by atoms with Crippen LogP contribution >= 0.6 is 12.4 Å². The lowest BCUT2D eigenvalue weighted by molar-refractivity contribution is 0.0188. The molecule has 4 rings (SSSR count). The number of aromatic amines is 1. The second-order valence-corrected chi connectivity index (χ2v) is 5.67. The fraction of sp³-hybridized carbons (Fsp3) is 0.400. The molecule has 0 saturated carbocycles. The number of hydrogen-bond acceptors (Lipinski definition) is 5. The predicted octanol–water partition coefficient (Wildman–Crippen LogP) is 1.98. The van der Waals surface area contributed by atoms with Crippen LogP contribution in [0.25, 0.3) is 11.4 Å². The number of H-pyrrole nitrogens is 1. The Hall–Kier alpha value is -1.92. The molecule has 0 aliphatic carbocycles. The molecule has 1 aromatic heterocycles. The second kappa shape index (κ2) is 5.70. The molecule has 0 unspecified atom stereocenters. The first-order valence-corrected chi connectivity index (χ1v) is 7.19. The van der Waals surface area contributed by atoms with Gasteiger partial charge in [-0.05, 0) is 31.3 Å². The molecule has 0 atom stereocenters. The normalized spacial score (nSPS) is 19.2. The summed E-state index contributed by atoms with van der Waals surface area (Å²) in [6, 6.07) is 5.59. The SMILES string of the molecule is Cl.O=C1CC2(CCNCC2)Oc2ccc(-c3nc[nH]n3)cc21. The molecule has 7 heteroatoms. The van der Waals surface area contributed by atoms with Crippen molar-refractivity contribution in [3.05, 3.63) is 30.1 Å². The largest absolute Gasteiger partial charge is 0.486 e. The third-order valence-electron chi connectivity index (χ3n) is 4.28. The molecule has 2 aliphatic rings. The number of nitrogens with one attached hydrogen (secondary N) is 2. The van der Waals surface area contributed by atoms with Gasteiger partial charge in [-0.15, -0.1) is 12.4 Å².